The molecule has 0 aliphatic carbocycles. The number of hydrogen-bond donors (Lipinski definition) is 0. The summed E-state index contributed by atoms with van der Waals surface area (Å²) in [5, 5.41) is -2.14. The molecule has 0 spiro atoms. The molecule has 3 aromatic carbocycles. The van der Waals surface area contributed by atoms with E-state index in [9.17, 15) is 48.3 Å². The zero-order valence-corrected chi connectivity index (χ0v) is 15.6. The van der Waals surface area contributed by atoms with E-state index in [1.165, 1.54) is 18.2 Å². The molecule has 0 saturated carbocycles. The lowest BCUT2D eigenvalue weighted by molar-refractivity contribution is -0.441. The molecule has 33 heavy (non-hydrogen) atoms. The molecule has 0 aliphatic rings. The summed E-state index contributed by atoms with van der Waals surface area (Å²) in [5.74, 6) is -37.3. The Hall–Kier alpha value is -2.73. The van der Waals surface area contributed by atoms with Crippen molar-refractivity contribution in [2.45, 2.75) is 35.8 Å². The third-order valence-corrected chi connectivity index (χ3v) is 5.02. The Morgan fingerprint density at radius 1 is 0.424 bits per heavy atom. The highest BCUT2D eigenvalue weighted by Gasteiger charge is 2.91. The minimum absolute atomic E-state index is 0.239. The van der Waals surface area contributed by atoms with Crippen LogP contribution in [-0.2, 0) is 5.92 Å². The number of hydrogen-bond acceptors (Lipinski definition) is 0. The minimum Gasteiger partial charge on any atom is -0.194 e. The van der Waals surface area contributed by atoms with Crippen LogP contribution in [0.3, 0.4) is 0 Å². The Bertz CT molecular complexity index is 1140. The van der Waals surface area contributed by atoms with Crippen molar-refractivity contribution in [3.05, 3.63) is 60.2 Å². The summed E-state index contributed by atoms with van der Waals surface area (Å²) < 4.78 is 177. The average Bonchev–Trinajstić information content (AvgIpc) is 2.70. The van der Waals surface area contributed by atoms with E-state index >= 15 is 8.78 Å². The number of benzene rings is 3. The lowest BCUT2D eigenvalue weighted by Crippen LogP contribution is -2.69. The molecular weight excluding hydrogens is 487 g/mol. The fraction of sp³-hybridized carbons (Fsp3) is 0.300. The predicted molar refractivity (Wildman–Crippen MR) is 91.2 cm³/mol. The molecule has 0 atom stereocenters. The highest BCUT2D eigenvalue weighted by molar-refractivity contribution is 6.03. The third kappa shape index (κ3) is 3.22. The summed E-state index contributed by atoms with van der Waals surface area (Å²) in [6, 6.07) is 9.36. The van der Waals surface area contributed by atoms with Crippen molar-refractivity contribution in [3.8, 4) is 0 Å². The molecule has 0 aliphatic heterocycles. The van der Waals surface area contributed by atoms with Crippen LogP contribution >= 0.6 is 0 Å². The first-order valence-corrected chi connectivity index (χ1v) is 8.69. The fourth-order valence-corrected chi connectivity index (χ4v) is 3.28. The number of rotatable bonds is 5. The summed E-state index contributed by atoms with van der Waals surface area (Å²) in [5.41, 5.74) is -1.94. The Balaban J connectivity index is 2.34. The highest BCUT2D eigenvalue weighted by atomic mass is 19.4. The van der Waals surface area contributed by atoms with Crippen LogP contribution in [0.4, 0.5) is 57.1 Å². The number of alkyl halides is 13. The zero-order chi connectivity index (χ0) is 25.3. The maximum Gasteiger partial charge on any atom is 0.460 e. The summed E-state index contributed by atoms with van der Waals surface area (Å²) in [6.45, 7) is 0. The third-order valence-electron chi connectivity index (χ3n) is 5.02. The van der Waals surface area contributed by atoms with Crippen LogP contribution < -0.4 is 0 Å². The summed E-state index contributed by atoms with van der Waals surface area (Å²) >= 11 is 0. The second kappa shape index (κ2) is 7.13. The van der Waals surface area contributed by atoms with Gasteiger partial charge in [0.05, 0.1) is 0 Å². The van der Waals surface area contributed by atoms with E-state index in [-0.39, 0.29) is 10.8 Å². The van der Waals surface area contributed by atoms with Gasteiger partial charge in [-0.15, -0.1) is 0 Å². The topological polar surface area (TPSA) is 0 Å². The molecule has 0 nitrogen and oxygen atoms in total. The Morgan fingerprint density at radius 3 is 1.18 bits per heavy atom. The van der Waals surface area contributed by atoms with Crippen molar-refractivity contribution in [2.24, 2.45) is 0 Å². The van der Waals surface area contributed by atoms with Gasteiger partial charge in [-0.2, -0.15) is 57.1 Å². The normalized spacial score (nSPS) is 14.8. The second-order valence-corrected chi connectivity index (χ2v) is 7.06. The van der Waals surface area contributed by atoms with E-state index < -0.39 is 52.1 Å². The van der Waals surface area contributed by atoms with E-state index in [1.807, 2.05) is 0 Å². The van der Waals surface area contributed by atoms with E-state index in [0.29, 0.717) is 0 Å². The zero-order valence-electron chi connectivity index (χ0n) is 15.6. The van der Waals surface area contributed by atoms with Crippen LogP contribution in [0.2, 0.25) is 0 Å². The Kier molecular flexibility index (Phi) is 5.38. The highest BCUT2D eigenvalue weighted by Crippen LogP contribution is 2.63. The molecule has 0 unspecified atom stereocenters. The van der Waals surface area contributed by atoms with Gasteiger partial charge in [0.1, 0.15) is 0 Å². The monoisotopic (exact) mass is 496 g/mol. The lowest BCUT2D eigenvalue weighted by Gasteiger charge is -2.40. The first-order valence-electron chi connectivity index (χ1n) is 8.69. The van der Waals surface area contributed by atoms with Gasteiger partial charge >= 0.3 is 35.8 Å². The van der Waals surface area contributed by atoms with Crippen molar-refractivity contribution in [1.29, 1.82) is 0 Å². The van der Waals surface area contributed by atoms with Gasteiger partial charge < -0.3 is 0 Å². The van der Waals surface area contributed by atoms with Gasteiger partial charge in [-0.25, -0.2) is 0 Å². The summed E-state index contributed by atoms with van der Waals surface area (Å²) in [7, 11) is 0. The molecule has 180 valence electrons. The molecule has 13 heteroatoms. The van der Waals surface area contributed by atoms with Crippen LogP contribution in [0.25, 0.3) is 21.5 Å². The van der Waals surface area contributed by atoms with E-state index in [1.54, 1.807) is 0 Å². The van der Waals surface area contributed by atoms with Crippen LogP contribution in [0.15, 0.2) is 54.6 Å². The van der Waals surface area contributed by atoms with Crippen LogP contribution in [-0.4, -0.2) is 29.9 Å². The van der Waals surface area contributed by atoms with Crippen LogP contribution in [0.5, 0.6) is 0 Å². The quantitative estimate of drug-likeness (QED) is 0.247. The SMILES string of the molecule is FC(F)(F)C(F)(F)C(F)(F)C(F)(F)C(F)(F)C(F)(F)c1c2ccccc2cc2ccccc12. The molecule has 0 amide bonds. The predicted octanol–water partition coefficient (Wildman–Crippen LogP) is 8.19. The molecule has 0 radical (unpaired) electrons. The van der Waals surface area contributed by atoms with Gasteiger partial charge in [0.15, 0.2) is 0 Å². The largest absolute Gasteiger partial charge is 0.460 e. The Labute approximate surface area is 175 Å². The van der Waals surface area contributed by atoms with Crippen molar-refractivity contribution < 1.29 is 57.1 Å². The van der Waals surface area contributed by atoms with Crippen molar-refractivity contribution in [3.63, 3.8) is 0 Å². The molecule has 0 bridgehead atoms. The maximum absolute atomic E-state index is 15.0. The minimum atomic E-state index is -7.94. The second-order valence-electron chi connectivity index (χ2n) is 7.06. The first kappa shape index (κ1) is 24.9. The molecule has 0 saturated heterocycles. The van der Waals surface area contributed by atoms with Gasteiger partial charge in [-0.1, -0.05) is 48.5 Å². The molecule has 3 rings (SSSR count). The molecular formula is C20H9F13. The van der Waals surface area contributed by atoms with Crippen LogP contribution in [0, 0.1) is 0 Å². The van der Waals surface area contributed by atoms with E-state index in [2.05, 4.69) is 0 Å². The summed E-state index contributed by atoms with van der Waals surface area (Å²) in [6.07, 6.45) is -7.45. The lowest BCUT2D eigenvalue weighted by atomic mass is 9.86. The van der Waals surface area contributed by atoms with E-state index in [0.717, 1.165) is 36.4 Å². The number of fused-ring (bicyclic) bond motifs is 2. The van der Waals surface area contributed by atoms with E-state index in [4.69, 9.17) is 0 Å². The summed E-state index contributed by atoms with van der Waals surface area (Å²) in [4.78, 5) is 0. The average molecular weight is 496 g/mol. The van der Waals surface area contributed by atoms with Crippen molar-refractivity contribution in [2.75, 3.05) is 0 Å². The van der Waals surface area contributed by atoms with Crippen LogP contribution in [0.1, 0.15) is 5.56 Å². The fourth-order valence-electron chi connectivity index (χ4n) is 3.28. The van der Waals surface area contributed by atoms with Gasteiger partial charge in [-0.05, 0) is 27.6 Å². The van der Waals surface area contributed by atoms with Gasteiger partial charge in [0.2, 0.25) is 0 Å². The molecule has 0 N–H and O–H groups in total. The van der Waals surface area contributed by atoms with Gasteiger partial charge in [-0.3, -0.25) is 0 Å². The van der Waals surface area contributed by atoms with Gasteiger partial charge in [0.25, 0.3) is 0 Å². The molecule has 0 aromatic heterocycles. The smallest absolute Gasteiger partial charge is 0.194 e. The van der Waals surface area contributed by atoms with Crippen molar-refractivity contribution >= 4 is 21.5 Å². The first-order chi connectivity index (χ1) is 14.8. The Morgan fingerprint density at radius 2 is 0.788 bits per heavy atom. The van der Waals surface area contributed by atoms with Crippen molar-refractivity contribution in [1.82, 2.24) is 0 Å². The molecule has 0 fully saturated rings. The molecule has 3 aromatic rings. The molecule has 0 heterocycles. The standard InChI is InChI=1S/C20H9F13/c21-15(22,16(23,24)17(25,26)18(27,28)19(29,30)20(31,32)33)14-12-7-3-1-5-10(12)9-11-6-2-4-8-13(11)14/h1-9H. The van der Waals surface area contributed by atoms with Gasteiger partial charge in [0, 0.05) is 5.56 Å². The maximum atomic E-state index is 15.0. The number of halogens is 13.